The molecule has 1 rings (SSSR count). The summed E-state index contributed by atoms with van der Waals surface area (Å²) in [6.45, 7) is -0.699. The predicted molar refractivity (Wildman–Crippen MR) is 74.2 cm³/mol. The zero-order valence-electron chi connectivity index (χ0n) is 9.26. The van der Waals surface area contributed by atoms with Crippen LogP contribution in [0.2, 0.25) is 5.02 Å². The van der Waals surface area contributed by atoms with Crippen molar-refractivity contribution in [3.63, 3.8) is 0 Å². The number of alkyl halides is 2. The summed E-state index contributed by atoms with van der Waals surface area (Å²) in [5, 5.41) is 3.02. The van der Waals surface area contributed by atoms with Crippen LogP contribution in [-0.2, 0) is 9.53 Å². The molecule has 0 bridgehead atoms. The minimum atomic E-state index is -2.52. The van der Waals surface area contributed by atoms with Gasteiger partial charge in [-0.25, -0.2) is 8.78 Å². The fraction of sp³-hybridized carbons (Fsp3) is 0.364. The van der Waals surface area contributed by atoms with E-state index in [0.717, 1.165) is 3.57 Å². The molecular weight excluding hydrogens is 378 g/mol. The minimum absolute atomic E-state index is 0.00896. The minimum Gasteiger partial charge on any atom is -0.375 e. The SMILES string of the molecule is O=C(CCOCC(F)F)Nc1ccc(I)cc1Cl. The number of halogens is 4. The molecule has 0 fully saturated rings. The molecule has 0 heterocycles. The van der Waals surface area contributed by atoms with Crippen LogP contribution in [-0.4, -0.2) is 25.5 Å². The maximum atomic E-state index is 11.8. The summed E-state index contributed by atoms with van der Waals surface area (Å²) in [6.07, 6.45) is -2.51. The molecule has 0 aliphatic carbocycles. The Kier molecular flexibility index (Phi) is 6.80. The fourth-order valence-corrected chi connectivity index (χ4v) is 2.04. The lowest BCUT2D eigenvalue weighted by Gasteiger charge is -2.08. The third-order valence-corrected chi connectivity index (χ3v) is 2.91. The van der Waals surface area contributed by atoms with Gasteiger partial charge in [-0.15, -0.1) is 0 Å². The lowest BCUT2D eigenvalue weighted by molar-refractivity contribution is -0.117. The molecule has 0 saturated carbocycles. The molecule has 0 atom stereocenters. The van der Waals surface area contributed by atoms with Gasteiger partial charge in [-0.3, -0.25) is 4.79 Å². The van der Waals surface area contributed by atoms with Crippen LogP contribution in [0.1, 0.15) is 6.42 Å². The number of anilines is 1. The highest BCUT2D eigenvalue weighted by atomic mass is 127. The molecule has 7 heteroatoms. The van der Waals surface area contributed by atoms with E-state index in [4.69, 9.17) is 11.6 Å². The van der Waals surface area contributed by atoms with Crippen molar-refractivity contribution >= 4 is 45.8 Å². The van der Waals surface area contributed by atoms with Gasteiger partial charge in [-0.05, 0) is 40.8 Å². The topological polar surface area (TPSA) is 38.3 Å². The summed E-state index contributed by atoms with van der Waals surface area (Å²) in [4.78, 5) is 11.5. The van der Waals surface area contributed by atoms with Crippen LogP contribution < -0.4 is 5.32 Å². The number of amides is 1. The number of benzene rings is 1. The Morgan fingerprint density at radius 3 is 2.83 bits per heavy atom. The van der Waals surface area contributed by atoms with E-state index in [1.165, 1.54) is 0 Å². The van der Waals surface area contributed by atoms with Gasteiger partial charge in [0.2, 0.25) is 5.91 Å². The first-order valence-corrected chi connectivity index (χ1v) is 6.55. The molecule has 1 aromatic rings. The number of rotatable bonds is 6. The lowest BCUT2D eigenvalue weighted by Crippen LogP contribution is -2.15. The molecule has 0 aliphatic rings. The van der Waals surface area contributed by atoms with Crippen LogP contribution in [0.25, 0.3) is 0 Å². The molecule has 1 aromatic carbocycles. The van der Waals surface area contributed by atoms with E-state index >= 15 is 0 Å². The van der Waals surface area contributed by atoms with E-state index in [9.17, 15) is 13.6 Å². The number of ether oxygens (including phenoxy) is 1. The summed E-state index contributed by atoms with van der Waals surface area (Å²) >= 11 is 8.03. The Balaban J connectivity index is 2.35. The number of hydrogen-bond donors (Lipinski definition) is 1. The van der Waals surface area contributed by atoms with Gasteiger partial charge in [0.1, 0.15) is 6.61 Å². The quantitative estimate of drug-likeness (QED) is 0.597. The van der Waals surface area contributed by atoms with Gasteiger partial charge in [0.15, 0.2) is 0 Å². The number of carbonyl (C=O) groups excluding carboxylic acids is 1. The average Bonchev–Trinajstić information content (AvgIpc) is 2.28. The second kappa shape index (κ2) is 7.85. The third kappa shape index (κ3) is 5.92. The Morgan fingerprint density at radius 1 is 1.50 bits per heavy atom. The van der Waals surface area contributed by atoms with Gasteiger partial charge >= 0.3 is 0 Å². The van der Waals surface area contributed by atoms with Crippen LogP contribution in [0.5, 0.6) is 0 Å². The first kappa shape index (κ1) is 15.6. The Labute approximate surface area is 122 Å². The monoisotopic (exact) mass is 389 g/mol. The number of hydrogen-bond acceptors (Lipinski definition) is 2. The van der Waals surface area contributed by atoms with Crippen molar-refractivity contribution in [3.05, 3.63) is 26.8 Å². The highest BCUT2D eigenvalue weighted by molar-refractivity contribution is 14.1. The van der Waals surface area contributed by atoms with Gasteiger partial charge in [0.25, 0.3) is 6.43 Å². The Morgan fingerprint density at radius 2 is 2.22 bits per heavy atom. The third-order valence-electron chi connectivity index (χ3n) is 1.92. The van der Waals surface area contributed by atoms with Crippen molar-refractivity contribution in [3.8, 4) is 0 Å². The molecule has 1 amide bonds. The summed E-state index contributed by atoms with van der Waals surface area (Å²) in [5.74, 6) is -0.327. The van der Waals surface area contributed by atoms with Crippen molar-refractivity contribution in [1.29, 1.82) is 0 Å². The molecule has 100 valence electrons. The standard InChI is InChI=1S/C11H11ClF2INO2/c12-8-5-7(15)1-2-9(8)16-11(17)3-4-18-6-10(13)14/h1-2,5,10H,3-4,6H2,(H,16,17). The smallest absolute Gasteiger partial charge is 0.261 e. The van der Waals surface area contributed by atoms with Gasteiger partial charge < -0.3 is 10.1 Å². The molecule has 3 nitrogen and oxygen atoms in total. The highest BCUT2D eigenvalue weighted by Crippen LogP contribution is 2.23. The van der Waals surface area contributed by atoms with Gasteiger partial charge in [-0.1, -0.05) is 11.6 Å². The maximum absolute atomic E-state index is 11.8. The lowest BCUT2D eigenvalue weighted by atomic mass is 10.3. The first-order valence-electron chi connectivity index (χ1n) is 5.10. The van der Waals surface area contributed by atoms with Crippen molar-refractivity contribution in [2.24, 2.45) is 0 Å². The van der Waals surface area contributed by atoms with E-state index in [0.29, 0.717) is 10.7 Å². The van der Waals surface area contributed by atoms with Crippen molar-refractivity contribution < 1.29 is 18.3 Å². The van der Waals surface area contributed by atoms with Gasteiger partial charge in [0, 0.05) is 3.57 Å². The van der Waals surface area contributed by atoms with E-state index in [-0.39, 0.29) is 18.9 Å². The predicted octanol–water partition coefficient (Wildman–Crippen LogP) is 3.55. The molecule has 1 N–H and O–H groups in total. The normalized spacial score (nSPS) is 10.7. The van der Waals surface area contributed by atoms with E-state index < -0.39 is 13.0 Å². The highest BCUT2D eigenvalue weighted by Gasteiger charge is 2.07. The number of carbonyl (C=O) groups is 1. The summed E-state index contributed by atoms with van der Waals surface area (Å²) in [7, 11) is 0. The second-order valence-electron chi connectivity index (χ2n) is 3.39. The van der Waals surface area contributed by atoms with Crippen molar-refractivity contribution in [2.75, 3.05) is 18.5 Å². The molecule has 18 heavy (non-hydrogen) atoms. The van der Waals surface area contributed by atoms with Crippen LogP contribution >= 0.6 is 34.2 Å². The summed E-state index contributed by atoms with van der Waals surface area (Å²) in [6, 6.07) is 5.20. The molecule has 0 aromatic heterocycles. The fourth-order valence-electron chi connectivity index (χ4n) is 1.14. The largest absolute Gasteiger partial charge is 0.375 e. The molecule has 0 radical (unpaired) electrons. The summed E-state index contributed by atoms with van der Waals surface area (Å²) < 4.78 is 29.1. The van der Waals surface area contributed by atoms with Crippen LogP contribution in [0.3, 0.4) is 0 Å². The van der Waals surface area contributed by atoms with Crippen molar-refractivity contribution in [2.45, 2.75) is 12.8 Å². The average molecular weight is 390 g/mol. The number of nitrogens with one attached hydrogen (secondary N) is 1. The maximum Gasteiger partial charge on any atom is 0.261 e. The molecule has 0 saturated heterocycles. The molecule has 0 aliphatic heterocycles. The molecule has 0 spiro atoms. The second-order valence-corrected chi connectivity index (χ2v) is 5.04. The van der Waals surface area contributed by atoms with Crippen molar-refractivity contribution in [1.82, 2.24) is 0 Å². The van der Waals surface area contributed by atoms with E-state index in [1.54, 1.807) is 18.2 Å². The zero-order valence-corrected chi connectivity index (χ0v) is 12.2. The van der Waals surface area contributed by atoms with Gasteiger partial charge in [-0.2, -0.15) is 0 Å². The van der Waals surface area contributed by atoms with Crippen LogP contribution in [0, 0.1) is 3.57 Å². The van der Waals surface area contributed by atoms with Crippen LogP contribution in [0.15, 0.2) is 18.2 Å². The van der Waals surface area contributed by atoms with E-state index in [2.05, 4.69) is 32.6 Å². The van der Waals surface area contributed by atoms with Gasteiger partial charge in [0.05, 0.1) is 23.7 Å². The zero-order chi connectivity index (χ0) is 13.5. The Bertz CT molecular complexity index is 418. The first-order chi connectivity index (χ1) is 8.49. The summed E-state index contributed by atoms with van der Waals surface area (Å²) in [5.41, 5.74) is 0.496. The molecule has 0 unspecified atom stereocenters. The Hall–Kier alpha value is -0.470. The van der Waals surface area contributed by atoms with Crippen LogP contribution in [0.4, 0.5) is 14.5 Å². The van der Waals surface area contributed by atoms with E-state index in [1.807, 2.05) is 0 Å². The molecular formula is C11H11ClF2INO2.